The van der Waals surface area contributed by atoms with E-state index in [-0.39, 0.29) is 0 Å². The van der Waals surface area contributed by atoms with Crippen LogP contribution in [0.25, 0.3) is 10.8 Å². The predicted octanol–water partition coefficient (Wildman–Crippen LogP) is 1.94. The van der Waals surface area contributed by atoms with Gasteiger partial charge in [0.2, 0.25) is 5.91 Å². The monoisotopic (exact) mass is 326 g/mol. The van der Waals surface area contributed by atoms with Gasteiger partial charge in [0.25, 0.3) is 0 Å². The van der Waals surface area contributed by atoms with Crippen LogP contribution in [0.3, 0.4) is 0 Å². The van der Waals surface area contributed by atoms with Crippen LogP contribution in [0.4, 0.5) is 0 Å². The molecule has 0 bridgehead atoms. The lowest BCUT2D eigenvalue weighted by molar-refractivity contribution is -0.145. The number of ether oxygens (including phenoxy) is 1. The van der Waals surface area contributed by atoms with E-state index in [2.05, 4.69) is 11.9 Å². The van der Waals surface area contributed by atoms with E-state index in [9.17, 15) is 9.59 Å². The molecule has 0 radical (unpaired) electrons. The van der Waals surface area contributed by atoms with Gasteiger partial charge in [-0.05, 0) is 22.8 Å². The van der Waals surface area contributed by atoms with Crippen molar-refractivity contribution in [3.05, 3.63) is 60.7 Å². The fraction of sp³-hybridized carbons (Fsp3) is 0.263. The number of carbonyl (C=O) groups is 2. The lowest BCUT2D eigenvalue weighted by Crippen LogP contribution is -2.49. The van der Waals surface area contributed by atoms with Crippen molar-refractivity contribution in [1.82, 2.24) is 5.32 Å². The average molecular weight is 326 g/mol. The second-order valence-corrected chi connectivity index (χ2v) is 5.60. The van der Waals surface area contributed by atoms with Crippen molar-refractivity contribution in [3.8, 4) is 0 Å². The standard InChI is InChI=1S/C19H22N2O3/c1-3-6-16(20)18(22)21-17(19(23)24-2)12-13-9-10-14-7-4-5-8-15(14)11-13/h3-5,7-11,16-17H,1,6,12,20H2,2H3,(H,21,22)/t16-,17?/m0/s1. The van der Waals surface area contributed by atoms with Crippen molar-refractivity contribution in [3.63, 3.8) is 0 Å². The Hall–Kier alpha value is -2.66. The van der Waals surface area contributed by atoms with Crippen LogP contribution in [0.15, 0.2) is 55.1 Å². The number of amides is 1. The summed E-state index contributed by atoms with van der Waals surface area (Å²) in [5.74, 6) is -0.895. The number of carbonyl (C=O) groups excluding carboxylic acids is 2. The van der Waals surface area contributed by atoms with Crippen LogP contribution < -0.4 is 11.1 Å². The van der Waals surface area contributed by atoms with Gasteiger partial charge in [0.05, 0.1) is 13.2 Å². The zero-order chi connectivity index (χ0) is 17.5. The molecule has 5 nitrogen and oxygen atoms in total. The van der Waals surface area contributed by atoms with Gasteiger partial charge in [0.1, 0.15) is 6.04 Å². The highest BCUT2D eigenvalue weighted by atomic mass is 16.5. The Morgan fingerprint density at radius 3 is 2.62 bits per heavy atom. The molecule has 0 saturated heterocycles. The molecule has 0 aliphatic heterocycles. The Balaban J connectivity index is 2.16. The zero-order valence-corrected chi connectivity index (χ0v) is 13.7. The molecule has 2 atom stereocenters. The molecule has 0 saturated carbocycles. The lowest BCUT2D eigenvalue weighted by atomic mass is 10.0. The topological polar surface area (TPSA) is 81.4 Å². The van der Waals surface area contributed by atoms with E-state index in [1.165, 1.54) is 7.11 Å². The lowest BCUT2D eigenvalue weighted by Gasteiger charge is -2.19. The minimum Gasteiger partial charge on any atom is -0.467 e. The number of esters is 1. The summed E-state index contributed by atoms with van der Waals surface area (Å²) in [4.78, 5) is 24.1. The van der Waals surface area contributed by atoms with Gasteiger partial charge >= 0.3 is 5.97 Å². The van der Waals surface area contributed by atoms with Crippen LogP contribution in [-0.2, 0) is 20.7 Å². The molecule has 0 aliphatic carbocycles. The summed E-state index contributed by atoms with van der Waals surface area (Å²) < 4.78 is 4.80. The van der Waals surface area contributed by atoms with Crippen molar-refractivity contribution in [2.45, 2.75) is 24.9 Å². The highest BCUT2D eigenvalue weighted by Gasteiger charge is 2.24. The number of benzene rings is 2. The van der Waals surface area contributed by atoms with Crippen molar-refractivity contribution in [2.24, 2.45) is 5.73 Å². The van der Waals surface area contributed by atoms with Crippen LogP contribution in [0, 0.1) is 0 Å². The van der Waals surface area contributed by atoms with E-state index in [0.717, 1.165) is 16.3 Å². The van der Waals surface area contributed by atoms with Gasteiger partial charge in [-0.1, -0.05) is 48.5 Å². The van der Waals surface area contributed by atoms with Crippen LogP contribution in [0.2, 0.25) is 0 Å². The van der Waals surface area contributed by atoms with E-state index < -0.39 is 24.0 Å². The Morgan fingerprint density at radius 1 is 1.25 bits per heavy atom. The second-order valence-electron chi connectivity index (χ2n) is 5.60. The fourth-order valence-corrected chi connectivity index (χ4v) is 2.50. The molecule has 1 amide bonds. The van der Waals surface area contributed by atoms with Gasteiger partial charge in [-0.2, -0.15) is 0 Å². The van der Waals surface area contributed by atoms with Gasteiger partial charge in [0, 0.05) is 6.42 Å². The van der Waals surface area contributed by atoms with E-state index >= 15 is 0 Å². The van der Waals surface area contributed by atoms with Crippen LogP contribution in [0.1, 0.15) is 12.0 Å². The van der Waals surface area contributed by atoms with Crippen molar-refractivity contribution in [1.29, 1.82) is 0 Å². The molecule has 24 heavy (non-hydrogen) atoms. The molecule has 2 rings (SSSR count). The van der Waals surface area contributed by atoms with Gasteiger partial charge in [-0.15, -0.1) is 6.58 Å². The van der Waals surface area contributed by atoms with Crippen LogP contribution in [-0.4, -0.2) is 31.1 Å². The molecule has 0 aliphatic rings. The molecule has 0 spiro atoms. The molecule has 0 aromatic heterocycles. The largest absolute Gasteiger partial charge is 0.467 e. The van der Waals surface area contributed by atoms with Gasteiger partial charge < -0.3 is 15.8 Å². The first-order chi connectivity index (χ1) is 11.5. The van der Waals surface area contributed by atoms with Crippen LogP contribution >= 0.6 is 0 Å². The maximum absolute atomic E-state index is 12.1. The Labute approximate surface area is 141 Å². The Morgan fingerprint density at radius 2 is 1.96 bits per heavy atom. The van der Waals surface area contributed by atoms with Crippen LogP contribution in [0.5, 0.6) is 0 Å². The summed E-state index contributed by atoms with van der Waals surface area (Å²) in [5.41, 5.74) is 6.68. The van der Waals surface area contributed by atoms with E-state index in [4.69, 9.17) is 10.5 Å². The maximum Gasteiger partial charge on any atom is 0.328 e. The normalized spacial score (nSPS) is 13.1. The number of nitrogens with one attached hydrogen (secondary N) is 1. The number of hydrogen-bond acceptors (Lipinski definition) is 4. The fourth-order valence-electron chi connectivity index (χ4n) is 2.50. The molecule has 0 heterocycles. The summed E-state index contributed by atoms with van der Waals surface area (Å²) in [6.45, 7) is 3.56. The first kappa shape index (κ1) is 17.7. The molecule has 0 fully saturated rings. The third-order valence-corrected chi connectivity index (χ3v) is 3.81. The predicted molar refractivity (Wildman–Crippen MR) is 94.4 cm³/mol. The van der Waals surface area contributed by atoms with E-state index in [0.29, 0.717) is 12.8 Å². The Kier molecular flexibility index (Phi) is 6.09. The van der Waals surface area contributed by atoms with Crippen molar-refractivity contribution >= 4 is 22.6 Å². The number of methoxy groups -OCH3 is 1. The highest BCUT2D eigenvalue weighted by Crippen LogP contribution is 2.17. The summed E-state index contributed by atoms with van der Waals surface area (Å²) in [5, 5.41) is 4.86. The minimum atomic E-state index is -0.778. The third-order valence-electron chi connectivity index (χ3n) is 3.81. The van der Waals surface area contributed by atoms with Crippen molar-refractivity contribution in [2.75, 3.05) is 7.11 Å². The summed E-state index contributed by atoms with van der Waals surface area (Å²) in [6, 6.07) is 12.4. The van der Waals surface area contributed by atoms with Crippen molar-refractivity contribution < 1.29 is 14.3 Å². The average Bonchev–Trinajstić information content (AvgIpc) is 2.60. The van der Waals surface area contributed by atoms with E-state index in [1.807, 2.05) is 42.5 Å². The molecule has 2 aromatic rings. The maximum atomic E-state index is 12.1. The molecular formula is C19H22N2O3. The molecule has 5 heteroatoms. The SMILES string of the molecule is C=CC[C@H](N)C(=O)NC(Cc1ccc2ccccc2c1)C(=O)OC. The summed E-state index contributed by atoms with van der Waals surface area (Å²) in [7, 11) is 1.30. The minimum absolute atomic E-state index is 0.337. The van der Waals surface area contributed by atoms with Gasteiger partial charge in [-0.25, -0.2) is 4.79 Å². The summed E-state index contributed by atoms with van der Waals surface area (Å²) >= 11 is 0. The third kappa shape index (κ3) is 4.43. The first-order valence-electron chi connectivity index (χ1n) is 7.77. The summed E-state index contributed by atoms with van der Waals surface area (Å²) in [6.07, 6.45) is 2.25. The highest BCUT2D eigenvalue weighted by molar-refractivity contribution is 5.88. The van der Waals surface area contributed by atoms with E-state index in [1.54, 1.807) is 6.08 Å². The number of hydrogen-bond donors (Lipinski definition) is 2. The zero-order valence-electron chi connectivity index (χ0n) is 13.7. The number of fused-ring (bicyclic) bond motifs is 1. The molecular weight excluding hydrogens is 304 g/mol. The molecule has 2 aromatic carbocycles. The molecule has 1 unspecified atom stereocenters. The second kappa shape index (κ2) is 8.26. The smallest absolute Gasteiger partial charge is 0.328 e. The van der Waals surface area contributed by atoms with Gasteiger partial charge in [-0.3, -0.25) is 4.79 Å². The number of rotatable bonds is 7. The number of nitrogens with two attached hydrogens (primary N) is 1. The first-order valence-corrected chi connectivity index (χ1v) is 7.77. The molecule has 3 N–H and O–H groups in total. The van der Waals surface area contributed by atoms with Gasteiger partial charge in [0.15, 0.2) is 0 Å². The quantitative estimate of drug-likeness (QED) is 0.602. The Bertz CT molecular complexity index is 742. The molecule has 126 valence electrons.